The van der Waals surface area contributed by atoms with Crippen LogP contribution in [0.5, 0.6) is 0 Å². The predicted octanol–water partition coefficient (Wildman–Crippen LogP) is 1.44. The maximum absolute atomic E-state index is 12.5. The Hall–Kier alpha value is -2.33. The van der Waals surface area contributed by atoms with Crippen molar-refractivity contribution >= 4 is 0 Å². The lowest BCUT2D eigenvalue weighted by molar-refractivity contribution is 0.231. The van der Waals surface area contributed by atoms with Crippen LogP contribution in [-0.2, 0) is 6.67 Å². The summed E-state index contributed by atoms with van der Waals surface area (Å²) in [4.78, 5) is 14.5. The van der Waals surface area contributed by atoms with E-state index in [1.807, 2.05) is 18.7 Å². The Bertz CT molecular complexity index is 704. The van der Waals surface area contributed by atoms with Crippen molar-refractivity contribution in [2.45, 2.75) is 33.9 Å². The Labute approximate surface area is 123 Å². The molecule has 2 aromatic rings. The van der Waals surface area contributed by atoms with Gasteiger partial charge in [-0.15, -0.1) is 0 Å². The molecular weight excluding hydrogens is 270 g/mol. The van der Waals surface area contributed by atoms with Gasteiger partial charge in [0, 0.05) is 30.9 Å². The molecule has 0 unspecified atom stereocenters. The van der Waals surface area contributed by atoms with Gasteiger partial charge in [-0.3, -0.25) is 9.47 Å². The van der Waals surface area contributed by atoms with Crippen molar-refractivity contribution in [1.29, 1.82) is 5.26 Å². The highest BCUT2D eigenvalue weighted by Gasteiger charge is 2.14. The first-order valence-corrected chi connectivity index (χ1v) is 6.88. The third kappa shape index (κ3) is 3.23. The second kappa shape index (κ2) is 6.41. The van der Waals surface area contributed by atoms with E-state index in [4.69, 9.17) is 9.78 Å². The number of hydrogen-bond donors (Lipinski definition) is 0. The van der Waals surface area contributed by atoms with Crippen molar-refractivity contribution in [3.05, 3.63) is 34.2 Å². The fraction of sp³-hybridized carbons (Fsp3) is 0.500. The highest BCUT2D eigenvalue weighted by molar-refractivity contribution is 5.24. The molecule has 0 saturated heterocycles. The van der Waals surface area contributed by atoms with Crippen LogP contribution in [0.15, 0.2) is 21.6 Å². The highest BCUT2D eigenvalue weighted by Crippen LogP contribution is 2.09. The molecule has 0 fully saturated rings. The van der Waals surface area contributed by atoms with Crippen molar-refractivity contribution in [1.82, 2.24) is 19.2 Å². The number of nitrogens with zero attached hydrogens (tertiary/aromatic N) is 5. The van der Waals surface area contributed by atoms with Crippen molar-refractivity contribution in [2.75, 3.05) is 13.1 Å². The molecule has 0 atom stereocenters. The summed E-state index contributed by atoms with van der Waals surface area (Å²) in [6.45, 7) is 7.53. The smallest absolute Gasteiger partial charge is 0.335 e. The zero-order valence-electron chi connectivity index (χ0n) is 12.5. The largest absolute Gasteiger partial charge is 0.360 e. The van der Waals surface area contributed by atoms with E-state index in [9.17, 15) is 4.79 Å². The lowest BCUT2D eigenvalue weighted by Gasteiger charge is -2.18. The number of aryl methyl sites for hydroxylation is 2. The second-order valence-electron chi connectivity index (χ2n) is 4.91. The molecule has 7 heteroatoms. The molecule has 0 bridgehead atoms. The summed E-state index contributed by atoms with van der Waals surface area (Å²) in [7, 11) is 0. The second-order valence-corrected chi connectivity index (χ2v) is 4.91. The number of nitriles is 1. The maximum Gasteiger partial charge on any atom is 0.335 e. The standard InChI is InChI=1S/C14H19N5O2/c1-4-17(7-5-6-15)10-18-9-11(2)19(14(18)20)13-8-12(3)21-16-13/h8-9H,4-5,7,10H2,1-3H3. The molecule has 0 aliphatic carbocycles. The first kappa shape index (κ1) is 15.1. The first-order valence-electron chi connectivity index (χ1n) is 6.88. The van der Waals surface area contributed by atoms with Crippen LogP contribution in [0.4, 0.5) is 0 Å². The molecule has 7 nitrogen and oxygen atoms in total. The first-order chi connectivity index (χ1) is 10.1. The SMILES string of the molecule is CCN(CCC#N)Cn1cc(C)n(-c2cc(C)on2)c1=O. The van der Waals surface area contributed by atoms with E-state index in [2.05, 4.69) is 11.2 Å². The van der Waals surface area contributed by atoms with Gasteiger partial charge in [-0.05, 0) is 20.4 Å². The molecular formula is C14H19N5O2. The Morgan fingerprint density at radius 1 is 1.48 bits per heavy atom. The van der Waals surface area contributed by atoms with Gasteiger partial charge < -0.3 is 4.52 Å². The minimum absolute atomic E-state index is 0.156. The average Bonchev–Trinajstić information content (AvgIpc) is 2.98. The van der Waals surface area contributed by atoms with Gasteiger partial charge in [0.25, 0.3) is 0 Å². The van der Waals surface area contributed by atoms with Gasteiger partial charge in [0.1, 0.15) is 5.76 Å². The van der Waals surface area contributed by atoms with E-state index in [1.165, 1.54) is 4.57 Å². The molecule has 0 amide bonds. The third-order valence-corrected chi connectivity index (χ3v) is 3.32. The summed E-state index contributed by atoms with van der Waals surface area (Å²) in [5, 5.41) is 12.6. The fourth-order valence-corrected chi connectivity index (χ4v) is 2.21. The van der Waals surface area contributed by atoms with Gasteiger partial charge in [0.2, 0.25) is 0 Å². The summed E-state index contributed by atoms with van der Waals surface area (Å²) in [6.07, 6.45) is 2.24. The van der Waals surface area contributed by atoms with Crippen LogP contribution in [0, 0.1) is 25.2 Å². The van der Waals surface area contributed by atoms with Crippen LogP contribution in [0.1, 0.15) is 24.8 Å². The maximum atomic E-state index is 12.5. The minimum atomic E-state index is -0.156. The molecule has 0 radical (unpaired) electrons. The molecule has 0 aromatic carbocycles. The van der Waals surface area contributed by atoms with E-state index in [0.717, 1.165) is 12.2 Å². The third-order valence-electron chi connectivity index (χ3n) is 3.32. The number of aromatic nitrogens is 3. The van der Waals surface area contributed by atoms with Crippen LogP contribution in [0.25, 0.3) is 5.82 Å². The van der Waals surface area contributed by atoms with Crippen molar-refractivity contribution in [3.8, 4) is 11.9 Å². The lowest BCUT2D eigenvalue weighted by Crippen LogP contribution is -2.33. The van der Waals surface area contributed by atoms with Gasteiger partial charge in [-0.2, -0.15) is 5.26 Å². The molecule has 0 saturated carbocycles. The molecule has 2 heterocycles. The van der Waals surface area contributed by atoms with Crippen LogP contribution in [0.2, 0.25) is 0 Å². The molecule has 2 rings (SSSR count). The van der Waals surface area contributed by atoms with E-state index in [-0.39, 0.29) is 5.69 Å². The summed E-state index contributed by atoms with van der Waals surface area (Å²) >= 11 is 0. The Kier molecular flexibility index (Phi) is 4.60. The van der Waals surface area contributed by atoms with Crippen LogP contribution >= 0.6 is 0 Å². The zero-order valence-corrected chi connectivity index (χ0v) is 12.5. The fourth-order valence-electron chi connectivity index (χ4n) is 2.21. The molecule has 0 aliphatic rings. The van der Waals surface area contributed by atoms with Crippen LogP contribution < -0.4 is 5.69 Å². The highest BCUT2D eigenvalue weighted by atomic mass is 16.5. The van der Waals surface area contributed by atoms with E-state index in [0.29, 0.717) is 31.2 Å². The van der Waals surface area contributed by atoms with E-state index < -0.39 is 0 Å². The Balaban J connectivity index is 2.27. The Morgan fingerprint density at radius 2 is 2.24 bits per heavy atom. The van der Waals surface area contributed by atoms with E-state index >= 15 is 0 Å². The monoisotopic (exact) mass is 289 g/mol. The van der Waals surface area contributed by atoms with Gasteiger partial charge in [-0.25, -0.2) is 9.36 Å². The van der Waals surface area contributed by atoms with Gasteiger partial charge in [-0.1, -0.05) is 12.1 Å². The normalized spacial score (nSPS) is 11.0. The molecule has 2 aromatic heterocycles. The number of rotatable bonds is 6. The molecule has 112 valence electrons. The molecule has 21 heavy (non-hydrogen) atoms. The van der Waals surface area contributed by atoms with Crippen molar-refractivity contribution in [3.63, 3.8) is 0 Å². The molecule has 0 aliphatic heterocycles. The number of imidazole rings is 1. The topological polar surface area (TPSA) is 80.0 Å². The van der Waals surface area contributed by atoms with Gasteiger partial charge in [0.05, 0.1) is 12.7 Å². The van der Waals surface area contributed by atoms with E-state index in [1.54, 1.807) is 23.8 Å². The Morgan fingerprint density at radius 3 is 2.81 bits per heavy atom. The van der Waals surface area contributed by atoms with Gasteiger partial charge in [0.15, 0.2) is 5.82 Å². The summed E-state index contributed by atoms with van der Waals surface area (Å²) in [6, 6.07) is 3.85. The average molecular weight is 289 g/mol. The summed E-state index contributed by atoms with van der Waals surface area (Å²) in [5.41, 5.74) is 0.640. The predicted molar refractivity (Wildman–Crippen MR) is 77.0 cm³/mol. The molecule has 0 N–H and O–H groups in total. The minimum Gasteiger partial charge on any atom is -0.360 e. The van der Waals surface area contributed by atoms with Crippen molar-refractivity contribution in [2.24, 2.45) is 0 Å². The van der Waals surface area contributed by atoms with Gasteiger partial charge >= 0.3 is 5.69 Å². The van der Waals surface area contributed by atoms with Crippen LogP contribution in [-0.4, -0.2) is 32.3 Å². The van der Waals surface area contributed by atoms with Crippen LogP contribution in [0.3, 0.4) is 0 Å². The summed E-state index contributed by atoms with van der Waals surface area (Å²) < 4.78 is 8.18. The number of hydrogen-bond acceptors (Lipinski definition) is 5. The zero-order chi connectivity index (χ0) is 15.4. The summed E-state index contributed by atoms with van der Waals surface area (Å²) in [5.74, 6) is 1.15. The van der Waals surface area contributed by atoms with Crippen molar-refractivity contribution < 1.29 is 4.52 Å². The quantitative estimate of drug-likeness (QED) is 0.803. The lowest BCUT2D eigenvalue weighted by atomic mass is 10.4. The molecule has 0 spiro atoms.